The van der Waals surface area contributed by atoms with Gasteiger partial charge in [0, 0.05) is 14.0 Å². The monoisotopic (exact) mass is 289 g/mol. The quantitative estimate of drug-likeness (QED) is 0.842. The normalized spacial score (nSPS) is 10.8. The Morgan fingerprint density at radius 2 is 2.05 bits per heavy atom. The maximum absolute atomic E-state index is 11.8. The van der Waals surface area contributed by atoms with Crippen molar-refractivity contribution in [1.82, 2.24) is 9.78 Å². The van der Waals surface area contributed by atoms with E-state index < -0.39 is 5.56 Å². The molecule has 1 aromatic heterocycles. The number of benzene rings is 1. The summed E-state index contributed by atoms with van der Waals surface area (Å²) in [7, 11) is 3.11. The molecule has 8 nitrogen and oxygen atoms in total. The number of anilines is 1. The highest BCUT2D eigenvalue weighted by Crippen LogP contribution is 2.29. The van der Waals surface area contributed by atoms with Crippen molar-refractivity contribution in [2.75, 3.05) is 12.4 Å². The molecule has 0 fully saturated rings. The first-order valence-electron chi connectivity index (χ1n) is 6.14. The fourth-order valence-corrected chi connectivity index (χ4v) is 1.75. The number of ether oxygens (including phenoxy) is 1. The first kappa shape index (κ1) is 14.5. The number of para-hydroxylation sites is 1. The third kappa shape index (κ3) is 3.16. The van der Waals surface area contributed by atoms with E-state index in [1.807, 2.05) is 0 Å². The van der Waals surface area contributed by atoms with Gasteiger partial charge in [0.25, 0.3) is 5.56 Å². The van der Waals surface area contributed by atoms with Gasteiger partial charge in [-0.05, 0) is 12.1 Å². The smallest absolute Gasteiger partial charge is 0.294 e. The Bertz CT molecular complexity index is 745. The number of nitrogens with one attached hydrogen (secondary N) is 2. The highest BCUT2D eigenvalue weighted by atomic mass is 16.5. The van der Waals surface area contributed by atoms with Crippen molar-refractivity contribution >= 4 is 23.1 Å². The standard InChI is InChI=1S/C13H15N5O3/c1-8(19)14-12-11(13(20)17-18(12)2)16-15-9-6-4-5-7-10(9)21-3/h4-7H,1-3H3,(H,14,19)(H,17,20). The van der Waals surface area contributed by atoms with Crippen LogP contribution in [0.15, 0.2) is 39.3 Å². The molecule has 1 amide bonds. The maximum Gasteiger partial charge on any atom is 0.294 e. The summed E-state index contributed by atoms with van der Waals surface area (Å²) < 4.78 is 6.52. The predicted octanol–water partition coefficient (Wildman–Crippen LogP) is 2.10. The molecule has 0 aliphatic carbocycles. The summed E-state index contributed by atoms with van der Waals surface area (Å²) >= 11 is 0. The average molecular weight is 289 g/mol. The molecule has 0 aliphatic heterocycles. The van der Waals surface area contributed by atoms with Gasteiger partial charge in [0.2, 0.25) is 5.91 Å². The van der Waals surface area contributed by atoms with Gasteiger partial charge in [0.15, 0.2) is 11.5 Å². The molecule has 21 heavy (non-hydrogen) atoms. The van der Waals surface area contributed by atoms with Crippen molar-refractivity contribution in [2.24, 2.45) is 17.3 Å². The second-order valence-corrected chi connectivity index (χ2v) is 4.25. The fraction of sp³-hybridized carbons (Fsp3) is 0.231. The summed E-state index contributed by atoms with van der Waals surface area (Å²) in [5.41, 5.74) is 0.0653. The zero-order chi connectivity index (χ0) is 15.4. The maximum atomic E-state index is 11.8. The van der Waals surface area contributed by atoms with Gasteiger partial charge in [-0.1, -0.05) is 12.1 Å². The molecule has 2 N–H and O–H groups in total. The zero-order valence-electron chi connectivity index (χ0n) is 11.9. The van der Waals surface area contributed by atoms with E-state index in [-0.39, 0.29) is 17.4 Å². The molecule has 110 valence electrons. The Morgan fingerprint density at radius 3 is 2.71 bits per heavy atom. The Labute approximate surface area is 120 Å². The van der Waals surface area contributed by atoms with Crippen LogP contribution in [0.2, 0.25) is 0 Å². The van der Waals surface area contributed by atoms with Crippen LogP contribution < -0.4 is 15.6 Å². The molecule has 0 atom stereocenters. The number of H-pyrrole nitrogens is 1. The van der Waals surface area contributed by atoms with Crippen molar-refractivity contribution in [2.45, 2.75) is 6.92 Å². The lowest BCUT2D eigenvalue weighted by molar-refractivity contribution is -0.114. The number of azo groups is 1. The lowest BCUT2D eigenvalue weighted by Gasteiger charge is -2.03. The topological polar surface area (TPSA) is 101 Å². The molecule has 0 aliphatic rings. The van der Waals surface area contributed by atoms with Crippen molar-refractivity contribution < 1.29 is 9.53 Å². The molecule has 0 saturated carbocycles. The number of nitrogens with zero attached hydrogens (tertiary/aromatic N) is 3. The van der Waals surface area contributed by atoms with Gasteiger partial charge in [-0.3, -0.25) is 19.4 Å². The molecule has 2 aromatic rings. The van der Waals surface area contributed by atoms with E-state index in [9.17, 15) is 9.59 Å². The number of rotatable bonds is 4. The molecule has 1 aromatic carbocycles. The average Bonchev–Trinajstić information content (AvgIpc) is 2.71. The first-order valence-corrected chi connectivity index (χ1v) is 6.14. The molecular weight excluding hydrogens is 274 g/mol. The van der Waals surface area contributed by atoms with Gasteiger partial charge in [0.05, 0.1) is 7.11 Å². The van der Waals surface area contributed by atoms with Gasteiger partial charge >= 0.3 is 0 Å². The van der Waals surface area contributed by atoms with Gasteiger partial charge < -0.3 is 10.1 Å². The largest absolute Gasteiger partial charge is 0.494 e. The number of methoxy groups -OCH3 is 1. The number of amides is 1. The van der Waals surface area contributed by atoms with Gasteiger partial charge in [-0.25, -0.2) is 0 Å². The van der Waals surface area contributed by atoms with Crippen LogP contribution in [0.4, 0.5) is 17.2 Å². The van der Waals surface area contributed by atoms with Crippen molar-refractivity contribution in [3.63, 3.8) is 0 Å². The SMILES string of the molecule is COc1ccccc1N=Nc1c(NC(C)=O)n(C)[nH]c1=O. The molecule has 8 heteroatoms. The molecule has 0 unspecified atom stereocenters. The van der Waals surface area contributed by atoms with Gasteiger partial charge in [-0.15, -0.1) is 10.2 Å². The van der Waals surface area contributed by atoms with Crippen molar-refractivity contribution in [1.29, 1.82) is 0 Å². The number of aromatic amines is 1. The molecule has 1 heterocycles. The van der Waals surface area contributed by atoms with E-state index in [1.54, 1.807) is 31.3 Å². The van der Waals surface area contributed by atoms with Gasteiger partial charge in [0.1, 0.15) is 11.4 Å². The Hall–Kier alpha value is -2.90. The van der Waals surface area contributed by atoms with E-state index in [4.69, 9.17) is 4.74 Å². The Kier molecular flexibility index (Phi) is 4.17. The number of aryl methyl sites for hydroxylation is 1. The predicted molar refractivity (Wildman–Crippen MR) is 77.5 cm³/mol. The summed E-state index contributed by atoms with van der Waals surface area (Å²) in [5.74, 6) is 0.485. The summed E-state index contributed by atoms with van der Waals surface area (Å²) in [6.07, 6.45) is 0. The molecule has 0 radical (unpaired) electrons. The number of aromatic nitrogens is 2. The lowest BCUT2D eigenvalue weighted by atomic mass is 10.3. The van der Waals surface area contributed by atoms with Gasteiger partial charge in [-0.2, -0.15) is 0 Å². The minimum absolute atomic E-state index is 0.0265. The third-order valence-corrected chi connectivity index (χ3v) is 2.68. The van der Waals surface area contributed by atoms with Crippen LogP contribution in [0.1, 0.15) is 6.92 Å². The van der Waals surface area contributed by atoms with Crippen molar-refractivity contribution in [3.8, 4) is 5.75 Å². The van der Waals surface area contributed by atoms with Crippen LogP contribution in [-0.4, -0.2) is 22.8 Å². The van der Waals surface area contributed by atoms with E-state index in [0.717, 1.165) is 0 Å². The second kappa shape index (κ2) is 6.04. The first-order chi connectivity index (χ1) is 10.0. The van der Waals surface area contributed by atoms with E-state index in [1.165, 1.54) is 18.7 Å². The molecule has 0 saturated heterocycles. The lowest BCUT2D eigenvalue weighted by Crippen LogP contribution is -2.09. The second-order valence-electron chi connectivity index (χ2n) is 4.25. The Morgan fingerprint density at radius 1 is 1.33 bits per heavy atom. The number of hydrogen-bond donors (Lipinski definition) is 2. The summed E-state index contributed by atoms with van der Waals surface area (Å²) in [4.78, 5) is 23.0. The van der Waals surface area contributed by atoms with Crippen LogP contribution in [0, 0.1) is 0 Å². The van der Waals surface area contributed by atoms with Crippen LogP contribution in [0.3, 0.4) is 0 Å². The highest BCUT2D eigenvalue weighted by Gasteiger charge is 2.14. The van der Waals surface area contributed by atoms with Crippen molar-refractivity contribution in [3.05, 3.63) is 34.6 Å². The number of carbonyl (C=O) groups excluding carboxylic acids is 1. The number of carbonyl (C=O) groups is 1. The number of hydrogen-bond acceptors (Lipinski definition) is 5. The summed E-state index contributed by atoms with van der Waals surface area (Å²) in [5, 5.41) is 13.0. The minimum Gasteiger partial charge on any atom is -0.494 e. The molecular formula is C13H15N5O3. The third-order valence-electron chi connectivity index (χ3n) is 2.68. The van der Waals surface area contributed by atoms with E-state index in [0.29, 0.717) is 11.4 Å². The highest BCUT2D eigenvalue weighted by molar-refractivity contribution is 5.90. The minimum atomic E-state index is -0.445. The van der Waals surface area contributed by atoms with Crippen LogP contribution in [0.25, 0.3) is 0 Å². The molecule has 0 bridgehead atoms. The van der Waals surface area contributed by atoms with E-state index >= 15 is 0 Å². The Balaban J connectivity index is 2.41. The zero-order valence-corrected chi connectivity index (χ0v) is 11.9. The van der Waals surface area contributed by atoms with E-state index in [2.05, 4.69) is 20.6 Å². The van der Waals surface area contributed by atoms with Crippen LogP contribution in [0.5, 0.6) is 5.75 Å². The fourth-order valence-electron chi connectivity index (χ4n) is 1.75. The van der Waals surface area contributed by atoms with Crippen LogP contribution >= 0.6 is 0 Å². The summed E-state index contributed by atoms with van der Waals surface area (Å²) in [6, 6.07) is 7.02. The summed E-state index contributed by atoms with van der Waals surface area (Å²) in [6.45, 7) is 1.35. The molecule has 0 spiro atoms. The van der Waals surface area contributed by atoms with Crippen LogP contribution in [-0.2, 0) is 11.8 Å². The molecule has 2 rings (SSSR count).